The van der Waals surface area contributed by atoms with Crippen LogP contribution in [0, 0.1) is 11.6 Å². The number of amides is 1. The molecule has 0 unspecified atom stereocenters. The number of ether oxygens (including phenoxy) is 1. The summed E-state index contributed by atoms with van der Waals surface area (Å²) in [5, 5.41) is 3.32. The van der Waals surface area contributed by atoms with Gasteiger partial charge in [0.1, 0.15) is 28.7 Å². The topological polar surface area (TPSA) is 90.3 Å². The molecule has 1 aromatic carbocycles. The fraction of sp³-hybridized carbons (Fsp3) is 0.438. The number of anilines is 1. The number of carbonyl (C=O) groups excluding carboxylic acids is 1. The van der Waals surface area contributed by atoms with Gasteiger partial charge >= 0.3 is 6.09 Å². The Balaban J connectivity index is 1.83. The summed E-state index contributed by atoms with van der Waals surface area (Å²) in [6, 6.07) is 2.00. The standard InChI is InChI=1S/C16H17F4N5O2S/c17-13-6-11(25-9-12(8-22-24-21)27-16(25)26)7-14(18)15(13)10-2-1-5-28(19,20)23-4-3-10/h3,6-7,12,23H,1-2,4-5,8-9H2/b10-3+/t12-/m0/s1. The minimum absolute atomic E-state index is 0.0133. The molecule has 1 fully saturated rings. The summed E-state index contributed by atoms with van der Waals surface area (Å²) in [7, 11) is -3.87. The Bertz CT molecular complexity index is 836. The lowest BCUT2D eigenvalue weighted by atomic mass is 9.99. The first kappa shape index (κ1) is 20.3. The van der Waals surface area contributed by atoms with E-state index in [9.17, 15) is 21.3 Å². The van der Waals surface area contributed by atoms with Crippen molar-refractivity contribution in [3.8, 4) is 0 Å². The highest BCUT2D eigenvalue weighted by Crippen LogP contribution is 2.49. The van der Waals surface area contributed by atoms with Gasteiger partial charge in [-0.25, -0.2) is 18.3 Å². The Kier molecular flexibility index (Phi) is 6.01. The highest BCUT2D eigenvalue weighted by Gasteiger charge is 2.33. The van der Waals surface area contributed by atoms with Crippen LogP contribution in [0.2, 0.25) is 0 Å². The average molecular weight is 419 g/mol. The van der Waals surface area contributed by atoms with Crippen molar-refractivity contribution in [3.63, 3.8) is 0 Å². The zero-order chi connectivity index (χ0) is 20.3. The summed E-state index contributed by atoms with van der Waals surface area (Å²) in [6.45, 7) is -0.285. The fourth-order valence-corrected chi connectivity index (χ4v) is 4.09. The number of halogens is 4. The van der Waals surface area contributed by atoms with Crippen LogP contribution in [-0.2, 0) is 4.74 Å². The Morgan fingerprint density at radius 1 is 1.36 bits per heavy atom. The second kappa shape index (κ2) is 8.29. The number of rotatable bonds is 4. The Hall–Kier alpha value is -2.43. The van der Waals surface area contributed by atoms with E-state index in [1.807, 2.05) is 0 Å². The van der Waals surface area contributed by atoms with Gasteiger partial charge in [-0.1, -0.05) is 11.2 Å². The first-order valence-corrected chi connectivity index (χ1v) is 10.0. The zero-order valence-electron chi connectivity index (χ0n) is 14.6. The second-order valence-electron chi connectivity index (χ2n) is 6.27. The molecule has 2 heterocycles. The van der Waals surface area contributed by atoms with Crippen LogP contribution < -0.4 is 9.62 Å². The number of nitrogens with one attached hydrogen (secondary N) is 1. The third-order valence-corrected chi connectivity index (χ3v) is 5.76. The molecule has 2 aliphatic rings. The lowest BCUT2D eigenvalue weighted by Gasteiger charge is -2.24. The van der Waals surface area contributed by atoms with E-state index in [-0.39, 0.29) is 49.5 Å². The Labute approximate surface area is 160 Å². The van der Waals surface area contributed by atoms with Crippen molar-refractivity contribution < 1.29 is 26.1 Å². The van der Waals surface area contributed by atoms with Crippen molar-refractivity contribution in [3.05, 3.63) is 45.8 Å². The molecule has 0 saturated carbocycles. The molecule has 2 aliphatic heterocycles. The van der Waals surface area contributed by atoms with Crippen LogP contribution >= 0.6 is 11.0 Å². The van der Waals surface area contributed by atoms with Gasteiger partial charge in [0.25, 0.3) is 0 Å². The van der Waals surface area contributed by atoms with E-state index in [0.717, 1.165) is 17.0 Å². The number of allylic oxidation sites excluding steroid dienone is 1. The van der Waals surface area contributed by atoms with Gasteiger partial charge in [-0.3, -0.25) is 4.90 Å². The molecular formula is C16H17F4N5O2S. The Morgan fingerprint density at radius 3 is 2.75 bits per heavy atom. The summed E-state index contributed by atoms with van der Waals surface area (Å²) in [5.74, 6) is -2.14. The number of benzene rings is 1. The molecule has 1 atom stereocenters. The van der Waals surface area contributed by atoms with Gasteiger partial charge in [-0.2, -0.15) is 0 Å². The molecule has 0 spiro atoms. The van der Waals surface area contributed by atoms with Crippen LogP contribution in [0.3, 0.4) is 0 Å². The maximum Gasteiger partial charge on any atom is 0.414 e. The molecule has 3 rings (SSSR count). The third-order valence-electron chi connectivity index (χ3n) is 4.37. The maximum absolute atomic E-state index is 14.7. The van der Waals surface area contributed by atoms with Crippen molar-refractivity contribution in [2.45, 2.75) is 18.9 Å². The minimum atomic E-state index is -3.87. The van der Waals surface area contributed by atoms with E-state index in [1.165, 1.54) is 6.08 Å². The van der Waals surface area contributed by atoms with Crippen LogP contribution in [0.4, 0.5) is 27.0 Å². The first-order chi connectivity index (χ1) is 13.3. The number of azide groups is 1. The van der Waals surface area contributed by atoms with Crippen LogP contribution in [0.1, 0.15) is 18.4 Å². The molecule has 0 aromatic heterocycles. The Morgan fingerprint density at radius 2 is 2.07 bits per heavy atom. The normalized spacial score (nSPS) is 25.0. The van der Waals surface area contributed by atoms with Gasteiger partial charge in [0.05, 0.1) is 18.8 Å². The van der Waals surface area contributed by atoms with Crippen LogP contribution in [0.5, 0.6) is 0 Å². The summed E-state index contributed by atoms with van der Waals surface area (Å²) in [4.78, 5) is 15.6. The molecule has 1 amide bonds. The molecule has 0 radical (unpaired) electrons. The van der Waals surface area contributed by atoms with E-state index in [4.69, 9.17) is 10.3 Å². The minimum Gasteiger partial charge on any atom is -0.444 e. The van der Waals surface area contributed by atoms with Gasteiger partial charge < -0.3 is 4.74 Å². The van der Waals surface area contributed by atoms with Crippen LogP contribution in [0.25, 0.3) is 16.0 Å². The molecule has 28 heavy (non-hydrogen) atoms. The van der Waals surface area contributed by atoms with Gasteiger partial charge in [-0.15, -0.1) is 7.77 Å². The summed E-state index contributed by atoms with van der Waals surface area (Å²) in [5.41, 5.74) is 8.30. The summed E-state index contributed by atoms with van der Waals surface area (Å²) in [6.07, 6.45) is 0.0714. The number of nitrogens with zero attached hydrogens (tertiary/aromatic N) is 4. The van der Waals surface area contributed by atoms with Crippen LogP contribution in [-0.4, -0.2) is 37.6 Å². The van der Waals surface area contributed by atoms with E-state index < -0.39 is 34.8 Å². The van der Waals surface area contributed by atoms with Crippen molar-refractivity contribution in [2.24, 2.45) is 5.11 Å². The highest BCUT2D eigenvalue weighted by atomic mass is 32.3. The number of carbonyl (C=O) groups is 1. The maximum atomic E-state index is 14.7. The molecule has 12 heteroatoms. The first-order valence-electron chi connectivity index (χ1n) is 8.43. The molecule has 1 saturated heterocycles. The van der Waals surface area contributed by atoms with Gasteiger partial charge in [0.15, 0.2) is 0 Å². The van der Waals surface area contributed by atoms with E-state index in [1.54, 1.807) is 0 Å². The number of cyclic esters (lactones) is 1. The number of hydrogen-bond donors (Lipinski definition) is 1. The molecule has 1 N–H and O–H groups in total. The number of hydrogen-bond acceptors (Lipinski definition) is 4. The fourth-order valence-electron chi connectivity index (χ4n) is 3.11. The monoisotopic (exact) mass is 419 g/mol. The molecule has 0 bridgehead atoms. The molecule has 152 valence electrons. The summed E-state index contributed by atoms with van der Waals surface area (Å²) < 4.78 is 63.3. The average Bonchev–Trinajstić information content (AvgIpc) is 2.97. The van der Waals surface area contributed by atoms with Crippen molar-refractivity contribution in [2.75, 3.05) is 30.3 Å². The summed E-state index contributed by atoms with van der Waals surface area (Å²) >= 11 is 0. The van der Waals surface area contributed by atoms with E-state index in [2.05, 4.69) is 14.7 Å². The predicted octanol–water partition coefficient (Wildman–Crippen LogP) is 4.86. The predicted molar refractivity (Wildman–Crippen MR) is 97.9 cm³/mol. The van der Waals surface area contributed by atoms with Gasteiger partial charge in [-0.05, 0) is 36.1 Å². The van der Waals surface area contributed by atoms with Gasteiger partial charge in [0, 0.05) is 22.8 Å². The van der Waals surface area contributed by atoms with Crippen molar-refractivity contribution in [1.82, 2.24) is 4.72 Å². The van der Waals surface area contributed by atoms with E-state index >= 15 is 0 Å². The smallest absolute Gasteiger partial charge is 0.414 e. The largest absolute Gasteiger partial charge is 0.444 e. The van der Waals surface area contributed by atoms with Crippen LogP contribution in [0.15, 0.2) is 23.3 Å². The lowest BCUT2D eigenvalue weighted by Crippen LogP contribution is -2.25. The highest BCUT2D eigenvalue weighted by molar-refractivity contribution is 8.23. The SMILES string of the molecule is [N-]=[N+]=NC[C@H]1CN(c2cc(F)c(/C3=C/CNS(F)(F)CCC3)c(F)c2)C(=O)O1. The van der Waals surface area contributed by atoms with Crippen molar-refractivity contribution in [1.29, 1.82) is 0 Å². The zero-order valence-corrected chi connectivity index (χ0v) is 15.4. The second-order valence-corrected chi connectivity index (χ2v) is 8.12. The van der Waals surface area contributed by atoms with Gasteiger partial charge in [0.2, 0.25) is 0 Å². The molecule has 7 nitrogen and oxygen atoms in total. The molecule has 1 aromatic rings. The molecule has 0 aliphatic carbocycles. The van der Waals surface area contributed by atoms with E-state index in [0.29, 0.717) is 5.57 Å². The quantitative estimate of drug-likeness (QED) is 0.327. The van der Waals surface area contributed by atoms with Crippen molar-refractivity contribution >= 4 is 28.3 Å². The third kappa shape index (κ3) is 4.51. The molecular weight excluding hydrogens is 402 g/mol. The lowest BCUT2D eigenvalue weighted by molar-refractivity contribution is 0.145.